The molecule has 0 radical (unpaired) electrons. The fourth-order valence-corrected chi connectivity index (χ4v) is 5.57. The van der Waals surface area contributed by atoms with Crippen LogP contribution in [0.15, 0.2) is 97.2 Å². The van der Waals surface area contributed by atoms with Crippen LogP contribution in [0.4, 0.5) is 0 Å². The zero-order valence-corrected chi connectivity index (χ0v) is 27.8. The van der Waals surface area contributed by atoms with Gasteiger partial charge >= 0.3 is 0 Å². The Bertz CT molecular complexity index is 1010. The third-order valence-electron chi connectivity index (χ3n) is 9.01. The van der Waals surface area contributed by atoms with Crippen molar-refractivity contribution < 1.29 is 0 Å². The highest BCUT2D eigenvalue weighted by Crippen LogP contribution is 2.69. The second kappa shape index (κ2) is 17.5. The molecule has 0 nitrogen and oxygen atoms in total. The molecule has 0 N–H and O–H groups in total. The van der Waals surface area contributed by atoms with Crippen LogP contribution in [0.5, 0.6) is 0 Å². The third kappa shape index (κ3) is 12.4. The molecule has 222 valence electrons. The van der Waals surface area contributed by atoms with Gasteiger partial charge in [0.05, 0.1) is 0 Å². The average Bonchev–Trinajstić information content (AvgIpc) is 3.57. The third-order valence-corrected chi connectivity index (χ3v) is 9.01. The molecule has 3 atom stereocenters. The lowest BCUT2D eigenvalue weighted by Gasteiger charge is -2.20. The molecule has 0 aromatic heterocycles. The van der Waals surface area contributed by atoms with E-state index in [1.54, 1.807) is 0 Å². The minimum Gasteiger partial charge on any atom is -0.100 e. The van der Waals surface area contributed by atoms with Gasteiger partial charge in [-0.05, 0) is 106 Å². The van der Waals surface area contributed by atoms with Gasteiger partial charge in [0.25, 0.3) is 0 Å². The van der Waals surface area contributed by atoms with Crippen molar-refractivity contribution in [2.45, 2.75) is 113 Å². The van der Waals surface area contributed by atoms with Crippen LogP contribution in [-0.4, -0.2) is 0 Å². The van der Waals surface area contributed by atoms with E-state index in [0.717, 1.165) is 41.9 Å². The highest BCUT2D eigenvalue weighted by Gasteiger charge is 2.59. The summed E-state index contributed by atoms with van der Waals surface area (Å²) >= 11 is 0. The Hall–Kier alpha value is -2.34. The largest absolute Gasteiger partial charge is 0.100 e. The van der Waals surface area contributed by atoms with E-state index in [9.17, 15) is 0 Å². The minimum atomic E-state index is 0.653. The summed E-state index contributed by atoms with van der Waals surface area (Å²) in [6.45, 7) is 35.5. The summed E-state index contributed by atoms with van der Waals surface area (Å²) in [6.07, 6.45) is 17.4. The lowest BCUT2D eigenvalue weighted by Crippen LogP contribution is -2.08. The Kier molecular flexibility index (Phi) is 15.6. The van der Waals surface area contributed by atoms with Gasteiger partial charge in [0.1, 0.15) is 0 Å². The Morgan fingerprint density at radius 2 is 1.62 bits per heavy atom. The van der Waals surface area contributed by atoms with Crippen molar-refractivity contribution >= 4 is 0 Å². The van der Waals surface area contributed by atoms with E-state index in [0.29, 0.717) is 5.92 Å². The van der Waals surface area contributed by atoms with Crippen LogP contribution >= 0.6 is 0 Å². The summed E-state index contributed by atoms with van der Waals surface area (Å²) in [5, 5.41) is 0. The minimum absolute atomic E-state index is 0.653. The normalized spacial score (nSPS) is 22.9. The fourth-order valence-electron chi connectivity index (χ4n) is 5.57. The van der Waals surface area contributed by atoms with Crippen molar-refractivity contribution in [2.24, 2.45) is 29.1 Å². The molecule has 0 heteroatoms. The first-order valence-corrected chi connectivity index (χ1v) is 15.8. The number of hydrogen-bond acceptors (Lipinski definition) is 0. The predicted molar refractivity (Wildman–Crippen MR) is 183 cm³/mol. The fraction of sp³-hybridized carbons (Fsp3) is 0.550. The van der Waals surface area contributed by atoms with E-state index in [2.05, 4.69) is 131 Å². The molecule has 3 aliphatic rings. The quantitative estimate of drug-likeness (QED) is 0.237. The number of hydrogen-bond donors (Lipinski definition) is 0. The van der Waals surface area contributed by atoms with E-state index < -0.39 is 0 Å². The molecule has 0 amide bonds. The molecule has 1 aromatic rings. The van der Waals surface area contributed by atoms with Crippen molar-refractivity contribution in [2.75, 3.05) is 0 Å². The molecule has 4 rings (SSSR count). The summed E-state index contributed by atoms with van der Waals surface area (Å²) in [5.41, 5.74) is 8.81. The molecule has 2 fully saturated rings. The highest BCUT2D eigenvalue weighted by molar-refractivity contribution is 5.26. The van der Waals surface area contributed by atoms with Gasteiger partial charge in [0.2, 0.25) is 0 Å². The van der Waals surface area contributed by atoms with Gasteiger partial charge in [-0.2, -0.15) is 0 Å². The molecule has 0 spiro atoms. The molecule has 2 saturated carbocycles. The summed E-state index contributed by atoms with van der Waals surface area (Å²) in [7, 11) is 0. The second-order valence-electron chi connectivity index (χ2n) is 13.5. The van der Waals surface area contributed by atoms with Crippen LogP contribution in [0, 0.1) is 36.0 Å². The molecule has 0 aliphatic heterocycles. The van der Waals surface area contributed by atoms with Crippen LogP contribution in [-0.2, 0) is 0 Å². The Balaban J connectivity index is 0.000000267. The van der Waals surface area contributed by atoms with Gasteiger partial charge in [-0.15, -0.1) is 6.58 Å². The maximum atomic E-state index is 4.10. The van der Waals surface area contributed by atoms with Crippen LogP contribution in [0.25, 0.3) is 0 Å². The highest BCUT2D eigenvalue weighted by atomic mass is 14.6. The van der Waals surface area contributed by atoms with E-state index in [-0.39, 0.29) is 0 Å². The van der Waals surface area contributed by atoms with E-state index in [1.165, 1.54) is 65.5 Å². The molecule has 40 heavy (non-hydrogen) atoms. The molecule has 0 bridgehead atoms. The number of allylic oxidation sites excluding steroid dienone is 8. The first kappa shape index (κ1) is 35.7. The summed E-state index contributed by atoms with van der Waals surface area (Å²) in [6, 6.07) is 8.71. The summed E-state index contributed by atoms with van der Waals surface area (Å²) in [4.78, 5) is 0. The SMILES string of the molecule is C=C/C(C)=C/CCC(=C)C.C=C1C=CC(C(C)C)CC1.C=C1CCC2(C(C)C)CC12.Cc1ccc(C(C)C)cc1. The van der Waals surface area contributed by atoms with Gasteiger partial charge in [-0.25, -0.2) is 0 Å². The van der Waals surface area contributed by atoms with Crippen LogP contribution < -0.4 is 0 Å². The molecule has 0 heterocycles. The van der Waals surface area contributed by atoms with Gasteiger partial charge in [0.15, 0.2) is 0 Å². The van der Waals surface area contributed by atoms with Crippen molar-refractivity contribution in [3.63, 3.8) is 0 Å². The van der Waals surface area contributed by atoms with Crippen molar-refractivity contribution in [1.82, 2.24) is 0 Å². The molecular formula is C40H62. The molecular weight excluding hydrogens is 480 g/mol. The summed E-state index contributed by atoms with van der Waals surface area (Å²) < 4.78 is 0. The Labute approximate surface area is 250 Å². The zero-order valence-electron chi connectivity index (χ0n) is 27.8. The Morgan fingerprint density at radius 3 is 1.98 bits per heavy atom. The molecule has 1 aromatic carbocycles. The zero-order chi connectivity index (χ0) is 30.5. The van der Waals surface area contributed by atoms with Crippen molar-refractivity contribution in [3.8, 4) is 0 Å². The monoisotopic (exact) mass is 542 g/mol. The number of rotatable bonds is 7. The Morgan fingerprint density at radius 1 is 1.00 bits per heavy atom. The van der Waals surface area contributed by atoms with Crippen LogP contribution in [0.3, 0.4) is 0 Å². The first-order valence-electron chi connectivity index (χ1n) is 15.8. The maximum Gasteiger partial charge on any atom is -0.0141 e. The van der Waals surface area contributed by atoms with Gasteiger partial charge < -0.3 is 0 Å². The molecule has 3 unspecified atom stereocenters. The molecule has 3 aliphatic carbocycles. The lowest BCUT2D eigenvalue weighted by atomic mass is 9.85. The standard InChI is InChI=1S/2C10H16.C10H14.C10H16/c1-7(2)10-5-4-8(3)9(10)6-10;2*1-8(2)10-6-4-9(3)5-7-10;1-5-10(4)8-6-7-9(2)3/h7,9H,3-6H2,1-2H3;4,6,8,10H,3,5,7H2,1-2H3;4-8H,1-3H3;5,8H,1-2,6-7H2,3-4H3/b;;;10-8+. The lowest BCUT2D eigenvalue weighted by molar-refractivity contribution is 0.344. The smallest absolute Gasteiger partial charge is 0.0141 e. The summed E-state index contributed by atoms with van der Waals surface area (Å²) in [5.74, 6) is 4.06. The first-order chi connectivity index (χ1) is 18.7. The number of benzene rings is 1. The van der Waals surface area contributed by atoms with Gasteiger partial charge in [-0.1, -0.05) is 138 Å². The average molecular weight is 543 g/mol. The molecule has 0 saturated heterocycles. The van der Waals surface area contributed by atoms with Crippen LogP contribution in [0.1, 0.15) is 117 Å². The van der Waals surface area contributed by atoms with E-state index in [4.69, 9.17) is 0 Å². The predicted octanol–water partition coefficient (Wildman–Crippen LogP) is 12.8. The second-order valence-corrected chi connectivity index (χ2v) is 13.5. The number of fused-ring (bicyclic) bond motifs is 1. The maximum absolute atomic E-state index is 4.10. The van der Waals surface area contributed by atoms with Gasteiger partial charge in [-0.3, -0.25) is 0 Å². The number of aryl methyl sites for hydroxylation is 1. The van der Waals surface area contributed by atoms with Gasteiger partial charge in [0, 0.05) is 0 Å². The van der Waals surface area contributed by atoms with E-state index >= 15 is 0 Å². The topological polar surface area (TPSA) is 0 Å². The van der Waals surface area contributed by atoms with Crippen molar-refractivity contribution in [1.29, 1.82) is 0 Å². The van der Waals surface area contributed by atoms with Crippen molar-refractivity contribution in [3.05, 3.63) is 108 Å². The van der Waals surface area contributed by atoms with E-state index in [1.807, 2.05) is 6.08 Å². The van der Waals surface area contributed by atoms with Crippen LogP contribution in [0.2, 0.25) is 0 Å².